The smallest absolute Gasteiger partial charge is 0.264 e. The lowest BCUT2D eigenvalue weighted by molar-refractivity contribution is -0.140. The third-order valence-electron chi connectivity index (χ3n) is 7.74. The van der Waals surface area contributed by atoms with Crippen LogP contribution >= 0.6 is 0 Å². The van der Waals surface area contributed by atoms with Gasteiger partial charge in [-0.25, -0.2) is 8.42 Å². The average Bonchev–Trinajstić information content (AvgIpc) is 2.98. The van der Waals surface area contributed by atoms with Crippen molar-refractivity contribution in [2.75, 3.05) is 10.8 Å². The molecule has 0 heterocycles. The summed E-state index contributed by atoms with van der Waals surface area (Å²) in [7, 11) is -4.07. The first-order valence-corrected chi connectivity index (χ1v) is 15.9. The Labute approximate surface area is 244 Å². The van der Waals surface area contributed by atoms with Crippen molar-refractivity contribution < 1.29 is 18.0 Å². The zero-order valence-corrected chi connectivity index (χ0v) is 25.1. The summed E-state index contributed by atoms with van der Waals surface area (Å²) in [5.74, 6) is -0.622. The molecule has 1 N–H and O–H groups in total. The Morgan fingerprint density at radius 1 is 0.854 bits per heavy atom. The van der Waals surface area contributed by atoms with Crippen molar-refractivity contribution in [1.82, 2.24) is 10.2 Å². The maximum absolute atomic E-state index is 14.2. The van der Waals surface area contributed by atoms with Gasteiger partial charge in [-0.15, -0.1) is 0 Å². The molecule has 3 aromatic rings. The van der Waals surface area contributed by atoms with Gasteiger partial charge in [0.25, 0.3) is 10.0 Å². The van der Waals surface area contributed by atoms with Gasteiger partial charge >= 0.3 is 0 Å². The van der Waals surface area contributed by atoms with E-state index in [0.717, 1.165) is 46.7 Å². The highest BCUT2D eigenvalue weighted by atomic mass is 32.2. The summed E-state index contributed by atoms with van der Waals surface area (Å²) in [6.07, 6.45) is 5.61. The molecule has 41 heavy (non-hydrogen) atoms. The number of nitrogens with one attached hydrogen (secondary N) is 1. The standard InChI is InChI=1S/C33H41N3O4S/c1-4-31(33(38)34-28-11-7-5-8-12-28)35(23-27-19-15-25(2)16-20-27)32(37)24-36(29-13-9-6-10-14-29)41(39,40)30-21-17-26(3)18-22-30/h6,9-10,13-22,28,31H,4-5,7-8,11-12,23-24H2,1-3H3,(H,34,38). The van der Waals surface area contributed by atoms with Gasteiger partial charge < -0.3 is 10.2 Å². The molecule has 2 amide bonds. The monoisotopic (exact) mass is 575 g/mol. The SMILES string of the molecule is CCC(C(=O)NC1CCCCC1)N(Cc1ccc(C)cc1)C(=O)CN(c1ccccc1)S(=O)(=O)c1ccc(C)cc1. The van der Waals surface area contributed by atoms with Crippen molar-refractivity contribution >= 4 is 27.5 Å². The predicted octanol–water partition coefficient (Wildman–Crippen LogP) is 5.76. The number of sulfonamides is 1. The second-order valence-electron chi connectivity index (χ2n) is 10.9. The molecule has 1 aliphatic rings. The summed E-state index contributed by atoms with van der Waals surface area (Å²) in [6, 6.07) is 22.4. The van der Waals surface area contributed by atoms with Crippen LogP contribution in [-0.4, -0.2) is 43.8 Å². The van der Waals surface area contributed by atoms with Gasteiger partial charge in [-0.05, 0) is 62.9 Å². The lowest BCUT2D eigenvalue weighted by atomic mass is 9.95. The van der Waals surface area contributed by atoms with E-state index < -0.39 is 28.5 Å². The molecule has 1 fully saturated rings. The van der Waals surface area contributed by atoms with Crippen molar-refractivity contribution in [2.24, 2.45) is 0 Å². The van der Waals surface area contributed by atoms with Gasteiger partial charge in [0.05, 0.1) is 10.6 Å². The Balaban J connectivity index is 1.68. The number of aryl methyl sites for hydroxylation is 2. The number of hydrogen-bond acceptors (Lipinski definition) is 4. The molecule has 1 unspecified atom stereocenters. The van der Waals surface area contributed by atoms with Crippen LogP contribution in [0.3, 0.4) is 0 Å². The molecule has 0 bridgehead atoms. The number of anilines is 1. The summed E-state index contributed by atoms with van der Waals surface area (Å²) in [4.78, 5) is 29.4. The quantitative estimate of drug-likeness (QED) is 0.315. The molecule has 0 aliphatic heterocycles. The van der Waals surface area contributed by atoms with Gasteiger partial charge in [-0.1, -0.05) is 91.9 Å². The van der Waals surface area contributed by atoms with E-state index in [4.69, 9.17) is 0 Å². The normalized spacial score (nSPS) is 14.7. The van der Waals surface area contributed by atoms with Crippen LogP contribution in [-0.2, 0) is 26.2 Å². The molecular formula is C33H41N3O4S. The molecule has 8 heteroatoms. The van der Waals surface area contributed by atoms with Gasteiger partial charge in [-0.2, -0.15) is 0 Å². The highest BCUT2D eigenvalue weighted by molar-refractivity contribution is 7.92. The first-order valence-electron chi connectivity index (χ1n) is 14.5. The minimum atomic E-state index is -4.07. The van der Waals surface area contributed by atoms with E-state index in [2.05, 4.69) is 5.32 Å². The van der Waals surface area contributed by atoms with Crippen LogP contribution in [0.2, 0.25) is 0 Å². The number of hydrogen-bond donors (Lipinski definition) is 1. The lowest BCUT2D eigenvalue weighted by Gasteiger charge is -2.34. The fourth-order valence-corrected chi connectivity index (χ4v) is 6.73. The van der Waals surface area contributed by atoms with E-state index in [9.17, 15) is 18.0 Å². The minimum absolute atomic E-state index is 0.101. The zero-order valence-electron chi connectivity index (χ0n) is 24.3. The molecule has 0 aromatic heterocycles. The highest BCUT2D eigenvalue weighted by Crippen LogP contribution is 2.25. The first kappa shape index (κ1) is 30.3. The number of carbonyl (C=O) groups excluding carboxylic acids is 2. The Bertz CT molecular complexity index is 1400. The third-order valence-corrected chi connectivity index (χ3v) is 9.53. The highest BCUT2D eigenvalue weighted by Gasteiger charge is 2.34. The van der Waals surface area contributed by atoms with Crippen molar-refractivity contribution in [3.63, 3.8) is 0 Å². The number of para-hydroxylation sites is 1. The molecule has 0 radical (unpaired) electrons. The fraction of sp³-hybridized carbons (Fsp3) is 0.394. The van der Waals surface area contributed by atoms with Crippen LogP contribution in [0.4, 0.5) is 5.69 Å². The number of nitrogens with zero attached hydrogens (tertiary/aromatic N) is 2. The van der Waals surface area contributed by atoms with Crippen LogP contribution in [0.25, 0.3) is 0 Å². The van der Waals surface area contributed by atoms with Crippen LogP contribution < -0.4 is 9.62 Å². The topological polar surface area (TPSA) is 86.8 Å². The van der Waals surface area contributed by atoms with Gasteiger partial charge in [0, 0.05) is 12.6 Å². The first-order chi connectivity index (χ1) is 19.7. The Kier molecular flexibility index (Phi) is 10.2. The molecule has 4 rings (SSSR count). The maximum Gasteiger partial charge on any atom is 0.264 e. The van der Waals surface area contributed by atoms with Crippen molar-refractivity contribution in [2.45, 2.75) is 82.8 Å². The van der Waals surface area contributed by atoms with Crippen LogP contribution in [0.1, 0.15) is 62.1 Å². The lowest BCUT2D eigenvalue weighted by Crippen LogP contribution is -2.54. The minimum Gasteiger partial charge on any atom is -0.352 e. The second kappa shape index (κ2) is 13.8. The zero-order chi connectivity index (χ0) is 29.4. The largest absolute Gasteiger partial charge is 0.352 e. The van der Waals surface area contributed by atoms with Gasteiger partial charge in [0.1, 0.15) is 12.6 Å². The van der Waals surface area contributed by atoms with E-state index >= 15 is 0 Å². The van der Waals surface area contributed by atoms with Gasteiger partial charge in [0.2, 0.25) is 11.8 Å². The van der Waals surface area contributed by atoms with Gasteiger partial charge in [-0.3, -0.25) is 13.9 Å². The van der Waals surface area contributed by atoms with E-state index in [0.29, 0.717) is 12.1 Å². The molecular weight excluding hydrogens is 534 g/mol. The Hall–Kier alpha value is -3.65. The summed E-state index contributed by atoms with van der Waals surface area (Å²) in [5, 5.41) is 3.18. The predicted molar refractivity (Wildman–Crippen MR) is 163 cm³/mol. The summed E-state index contributed by atoms with van der Waals surface area (Å²) in [6.45, 7) is 5.54. The molecule has 1 atom stereocenters. The fourth-order valence-electron chi connectivity index (χ4n) is 5.31. The van der Waals surface area contributed by atoms with E-state index in [-0.39, 0.29) is 23.4 Å². The molecule has 1 saturated carbocycles. The number of amides is 2. The van der Waals surface area contributed by atoms with Crippen molar-refractivity contribution in [1.29, 1.82) is 0 Å². The molecule has 1 aliphatic carbocycles. The average molecular weight is 576 g/mol. The summed E-state index contributed by atoms with van der Waals surface area (Å²) in [5.41, 5.74) is 3.29. The van der Waals surface area contributed by atoms with Crippen LogP contribution in [0, 0.1) is 13.8 Å². The molecule has 0 spiro atoms. The molecule has 7 nitrogen and oxygen atoms in total. The van der Waals surface area contributed by atoms with E-state index in [1.54, 1.807) is 59.5 Å². The third kappa shape index (κ3) is 7.76. The van der Waals surface area contributed by atoms with Gasteiger partial charge in [0.15, 0.2) is 0 Å². The Morgan fingerprint density at radius 2 is 1.44 bits per heavy atom. The van der Waals surface area contributed by atoms with Crippen LogP contribution in [0.5, 0.6) is 0 Å². The van der Waals surface area contributed by atoms with Crippen LogP contribution in [0.15, 0.2) is 83.8 Å². The molecule has 218 valence electrons. The summed E-state index contributed by atoms with van der Waals surface area (Å²) >= 11 is 0. The molecule has 3 aromatic carbocycles. The second-order valence-corrected chi connectivity index (χ2v) is 12.8. The number of benzene rings is 3. The maximum atomic E-state index is 14.2. The number of carbonyl (C=O) groups is 2. The number of rotatable bonds is 11. The summed E-state index contributed by atoms with van der Waals surface area (Å²) < 4.78 is 29.0. The Morgan fingerprint density at radius 3 is 2.02 bits per heavy atom. The van der Waals surface area contributed by atoms with E-state index in [1.807, 2.05) is 45.0 Å². The van der Waals surface area contributed by atoms with Crippen molar-refractivity contribution in [3.05, 3.63) is 95.6 Å². The van der Waals surface area contributed by atoms with Crippen molar-refractivity contribution in [3.8, 4) is 0 Å². The van der Waals surface area contributed by atoms with E-state index in [1.165, 1.54) is 6.42 Å². The molecule has 0 saturated heterocycles.